The van der Waals surface area contributed by atoms with Gasteiger partial charge in [-0.15, -0.1) is 0 Å². The van der Waals surface area contributed by atoms with Crippen LogP contribution in [-0.4, -0.2) is 24.5 Å². The zero-order valence-electron chi connectivity index (χ0n) is 7.88. The van der Waals surface area contributed by atoms with E-state index in [1.807, 2.05) is 0 Å². The first-order valence-electron chi connectivity index (χ1n) is 4.57. The first kappa shape index (κ1) is 8.79. The molecule has 1 saturated carbocycles. The molecule has 1 fully saturated rings. The molecule has 0 aromatic carbocycles. The van der Waals surface area contributed by atoms with E-state index in [4.69, 9.17) is 0 Å². The van der Waals surface area contributed by atoms with Gasteiger partial charge in [0, 0.05) is 12.6 Å². The van der Waals surface area contributed by atoms with Crippen LogP contribution in [0.2, 0.25) is 0 Å². The molecule has 0 aromatic heterocycles. The molecule has 1 atom stereocenters. The minimum absolute atomic E-state index is 0.784. The van der Waals surface area contributed by atoms with Gasteiger partial charge in [-0.2, -0.15) is 0 Å². The Morgan fingerprint density at radius 3 is 2.64 bits per heavy atom. The van der Waals surface area contributed by atoms with Crippen molar-refractivity contribution in [2.45, 2.75) is 32.7 Å². The molecule has 0 saturated heterocycles. The number of nitrogens with zero attached hydrogens (tertiary/aromatic N) is 1. The number of hydrogen-bond donors (Lipinski definition) is 0. The minimum atomic E-state index is 0.784. The third-order valence-electron chi connectivity index (χ3n) is 2.63. The highest BCUT2D eigenvalue weighted by Gasteiger charge is 2.29. The molecular weight excluding hydrogens is 134 g/mol. The van der Waals surface area contributed by atoms with Crippen molar-refractivity contribution >= 4 is 0 Å². The van der Waals surface area contributed by atoms with Gasteiger partial charge in [0.2, 0.25) is 0 Å². The molecule has 1 aliphatic carbocycles. The molecule has 0 amide bonds. The summed E-state index contributed by atoms with van der Waals surface area (Å²) < 4.78 is 0. The molecule has 1 rings (SSSR count). The van der Waals surface area contributed by atoms with Gasteiger partial charge in [0.15, 0.2) is 0 Å². The first-order valence-corrected chi connectivity index (χ1v) is 4.57. The van der Waals surface area contributed by atoms with Crippen LogP contribution >= 0.6 is 0 Å². The van der Waals surface area contributed by atoms with Crippen molar-refractivity contribution in [3.05, 3.63) is 12.2 Å². The highest BCUT2D eigenvalue weighted by molar-refractivity contribution is 4.88. The van der Waals surface area contributed by atoms with E-state index in [1.54, 1.807) is 0 Å². The fourth-order valence-electron chi connectivity index (χ4n) is 1.38. The first-order chi connectivity index (χ1) is 5.25. The molecule has 0 aromatic rings. The highest BCUT2D eigenvalue weighted by atomic mass is 15.1. The fourth-order valence-corrected chi connectivity index (χ4v) is 1.38. The van der Waals surface area contributed by atoms with Crippen LogP contribution < -0.4 is 0 Å². The van der Waals surface area contributed by atoms with Crippen LogP contribution in [0.4, 0.5) is 0 Å². The maximum atomic E-state index is 2.43. The maximum Gasteiger partial charge on any atom is 0.0162 e. The van der Waals surface area contributed by atoms with Crippen molar-refractivity contribution in [2.24, 2.45) is 5.92 Å². The van der Waals surface area contributed by atoms with E-state index in [1.165, 1.54) is 12.8 Å². The predicted molar refractivity (Wildman–Crippen MR) is 49.6 cm³/mol. The number of likely N-dealkylation sites (N-methyl/N-ethyl adjacent to an activating group) is 1. The normalized spacial score (nSPS) is 21.5. The van der Waals surface area contributed by atoms with E-state index < -0.39 is 0 Å². The molecule has 0 N–H and O–H groups in total. The van der Waals surface area contributed by atoms with Gasteiger partial charge in [-0.1, -0.05) is 12.2 Å². The summed E-state index contributed by atoms with van der Waals surface area (Å²) >= 11 is 0. The Kier molecular flexibility index (Phi) is 3.13. The van der Waals surface area contributed by atoms with Crippen LogP contribution in [0.3, 0.4) is 0 Å². The highest BCUT2D eigenvalue weighted by Crippen LogP contribution is 2.34. The summed E-state index contributed by atoms with van der Waals surface area (Å²) in [4.78, 5) is 2.43. The summed E-state index contributed by atoms with van der Waals surface area (Å²) in [5.41, 5.74) is 0. The maximum absolute atomic E-state index is 2.43. The van der Waals surface area contributed by atoms with Crippen molar-refractivity contribution in [1.29, 1.82) is 0 Å². The topological polar surface area (TPSA) is 3.24 Å². The Hall–Kier alpha value is -0.300. The number of hydrogen-bond acceptors (Lipinski definition) is 1. The van der Waals surface area contributed by atoms with E-state index in [0.717, 1.165) is 18.5 Å². The second kappa shape index (κ2) is 3.91. The Morgan fingerprint density at radius 2 is 2.18 bits per heavy atom. The summed E-state index contributed by atoms with van der Waals surface area (Å²) in [6, 6.07) is 0.784. The van der Waals surface area contributed by atoms with Crippen LogP contribution in [0.25, 0.3) is 0 Å². The summed E-state index contributed by atoms with van der Waals surface area (Å²) in [5.74, 6) is 0.991. The monoisotopic (exact) mass is 153 g/mol. The SMILES string of the molecule is C/C=C/CN(C)C(C)C1CC1. The van der Waals surface area contributed by atoms with Crippen molar-refractivity contribution in [1.82, 2.24) is 4.90 Å². The van der Waals surface area contributed by atoms with Crippen LogP contribution in [0.15, 0.2) is 12.2 Å². The van der Waals surface area contributed by atoms with E-state index in [2.05, 4.69) is 37.9 Å². The van der Waals surface area contributed by atoms with Gasteiger partial charge < -0.3 is 0 Å². The van der Waals surface area contributed by atoms with E-state index in [9.17, 15) is 0 Å². The number of rotatable bonds is 4. The van der Waals surface area contributed by atoms with Crippen molar-refractivity contribution in [2.75, 3.05) is 13.6 Å². The molecule has 1 heteroatoms. The van der Waals surface area contributed by atoms with Gasteiger partial charge in [-0.3, -0.25) is 4.90 Å². The van der Waals surface area contributed by atoms with E-state index in [0.29, 0.717) is 0 Å². The zero-order valence-corrected chi connectivity index (χ0v) is 7.88. The van der Waals surface area contributed by atoms with E-state index >= 15 is 0 Å². The molecule has 1 aliphatic rings. The third kappa shape index (κ3) is 2.66. The number of allylic oxidation sites excluding steroid dienone is 1. The van der Waals surface area contributed by atoms with Crippen molar-refractivity contribution in [3.63, 3.8) is 0 Å². The standard InChI is InChI=1S/C10H19N/c1-4-5-8-11(3)9(2)10-6-7-10/h4-5,9-10H,6-8H2,1-3H3/b5-4+. The molecule has 1 nitrogen and oxygen atoms in total. The molecule has 0 aliphatic heterocycles. The van der Waals surface area contributed by atoms with Crippen molar-refractivity contribution < 1.29 is 0 Å². The lowest BCUT2D eigenvalue weighted by Gasteiger charge is -2.22. The Labute approximate surface area is 70.1 Å². The van der Waals surface area contributed by atoms with Crippen LogP contribution in [0.1, 0.15) is 26.7 Å². The molecule has 1 unspecified atom stereocenters. The van der Waals surface area contributed by atoms with Gasteiger partial charge in [0.25, 0.3) is 0 Å². The molecule has 0 heterocycles. The lowest BCUT2D eigenvalue weighted by Crippen LogP contribution is -2.30. The van der Waals surface area contributed by atoms with Gasteiger partial charge in [0.1, 0.15) is 0 Å². The van der Waals surface area contributed by atoms with Crippen LogP contribution in [-0.2, 0) is 0 Å². The quantitative estimate of drug-likeness (QED) is 0.560. The molecule has 64 valence electrons. The average Bonchev–Trinajstić information content (AvgIpc) is 2.81. The Bertz CT molecular complexity index is 136. The van der Waals surface area contributed by atoms with E-state index in [-0.39, 0.29) is 0 Å². The van der Waals surface area contributed by atoms with Crippen LogP contribution in [0.5, 0.6) is 0 Å². The molecule has 11 heavy (non-hydrogen) atoms. The smallest absolute Gasteiger partial charge is 0.0162 e. The summed E-state index contributed by atoms with van der Waals surface area (Å²) in [6.07, 6.45) is 7.23. The summed E-state index contributed by atoms with van der Waals surface area (Å²) in [7, 11) is 2.21. The second-order valence-corrected chi connectivity index (χ2v) is 3.59. The molecule has 0 radical (unpaired) electrons. The Morgan fingerprint density at radius 1 is 1.55 bits per heavy atom. The van der Waals surface area contributed by atoms with Crippen molar-refractivity contribution in [3.8, 4) is 0 Å². The summed E-state index contributed by atoms with van der Waals surface area (Å²) in [6.45, 7) is 5.52. The predicted octanol–water partition coefficient (Wildman–Crippen LogP) is 2.29. The van der Waals surface area contributed by atoms with Gasteiger partial charge >= 0.3 is 0 Å². The average molecular weight is 153 g/mol. The van der Waals surface area contributed by atoms with Gasteiger partial charge in [-0.25, -0.2) is 0 Å². The van der Waals surface area contributed by atoms with Gasteiger partial charge in [-0.05, 0) is 39.7 Å². The fraction of sp³-hybridized carbons (Fsp3) is 0.800. The third-order valence-corrected chi connectivity index (χ3v) is 2.63. The lowest BCUT2D eigenvalue weighted by atomic mass is 10.2. The largest absolute Gasteiger partial charge is 0.300 e. The molecule has 0 spiro atoms. The molecule has 0 bridgehead atoms. The summed E-state index contributed by atoms with van der Waals surface area (Å²) in [5, 5.41) is 0. The van der Waals surface area contributed by atoms with Crippen LogP contribution in [0, 0.1) is 5.92 Å². The minimum Gasteiger partial charge on any atom is -0.300 e. The second-order valence-electron chi connectivity index (χ2n) is 3.59. The zero-order chi connectivity index (χ0) is 8.27. The lowest BCUT2D eigenvalue weighted by molar-refractivity contribution is 0.258. The Balaban J connectivity index is 2.21. The van der Waals surface area contributed by atoms with Gasteiger partial charge in [0.05, 0.1) is 0 Å². The molecular formula is C10H19N.